The number of aryl methyl sites for hydroxylation is 2. The molecule has 1 aliphatic heterocycles. The highest BCUT2D eigenvalue weighted by Crippen LogP contribution is 2.27. The smallest absolute Gasteiger partial charge is 0.0695 e. The second-order valence-corrected chi connectivity index (χ2v) is 7.98. The van der Waals surface area contributed by atoms with E-state index in [0.29, 0.717) is 18.1 Å². The highest BCUT2D eigenvalue weighted by molar-refractivity contribution is 5.32. The van der Waals surface area contributed by atoms with Crippen LogP contribution < -0.4 is 5.32 Å². The second kappa shape index (κ2) is 7.99. The van der Waals surface area contributed by atoms with E-state index < -0.39 is 0 Å². The van der Waals surface area contributed by atoms with Crippen LogP contribution in [0.25, 0.3) is 0 Å². The van der Waals surface area contributed by atoms with Gasteiger partial charge in [0.2, 0.25) is 0 Å². The molecule has 1 aromatic rings. The minimum absolute atomic E-state index is 0.0996. The third-order valence-corrected chi connectivity index (χ3v) is 6.07. The second-order valence-electron chi connectivity index (χ2n) is 7.98. The van der Waals surface area contributed by atoms with Crippen molar-refractivity contribution in [3.63, 3.8) is 0 Å². The number of aliphatic hydroxyl groups is 1. The van der Waals surface area contributed by atoms with Gasteiger partial charge in [-0.1, -0.05) is 36.6 Å². The Bertz CT molecular complexity index is 537. The lowest BCUT2D eigenvalue weighted by atomic mass is 9.89. The number of nitrogens with one attached hydrogen (secondary N) is 1. The summed E-state index contributed by atoms with van der Waals surface area (Å²) in [5.41, 5.74) is 4.14. The number of benzene rings is 1. The minimum atomic E-state index is -0.0996. The summed E-state index contributed by atoms with van der Waals surface area (Å²) in [5.74, 6) is 0. The van der Waals surface area contributed by atoms with Gasteiger partial charge < -0.3 is 10.4 Å². The summed E-state index contributed by atoms with van der Waals surface area (Å²) in [6.07, 6.45) is 6.94. The molecule has 3 atom stereocenters. The number of aliphatic hydroxyl groups excluding tert-OH is 1. The van der Waals surface area contributed by atoms with Crippen LogP contribution in [0.4, 0.5) is 0 Å². The number of hydrogen-bond donors (Lipinski definition) is 2. The SMILES string of the molecule is Cc1ccc(C(C)NC2CCN(C3CCCCC3O)CC2)c(C)c1. The summed E-state index contributed by atoms with van der Waals surface area (Å²) in [6, 6.07) is 8.18. The molecular formula is C21H34N2O. The Kier molecular flexibility index (Phi) is 5.96. The fraction of sp³-hybridized carbons (Fsp3) is 0.714. The van der Waals surface area contributed by atoms with Crippen molar-refractivity contribution in [1.29, 1.82) is 0 Å². The molecule has 0 spiro atoms. The summed E-state index contributed by atoms with van der Waals surface area (Å²) < 4.78 is 0. The number of hydrogen-bond acceptors (Lipinski definition) is 3. The van der Waals surface area contributed by atoms with Crippen molar-refractivity contribution in [3.05, 3.63) is 34.9 Å². The summed E-state index contributed by atoms with van der Waals surface area (Å²) in [5, 5.41) is 14.1. The van der Waals surface area contributed by atoms with E-state index in [1.165, 1.54) is 48.8 Å². The van der Waals surface area contributed by atoms with Crippen LogP contribution in [0.1, 0.15) is 68.2 Å². The van der Waals surface area contributed by atoms with Gasteiger partial charge in [0.1, 0.15) is 0 Å². The topological polar surface area (TPSA) is 35.5 Å². The maximum Gasteiger partial charge on any atom is 0.0695 e. The van der Waals surface area contributed by atoms with Crippen molar-refractivity contribution in [2.24, 2.45) is 0 Å². The molecule has 1 saturated carbocycles. The van der Waals surface area contributed by atoms with Crippen LogP contribution >= 0.6 is 0 Å². The zero-order valence-corrected chi connectivity index (χ0v) is 15.6. The van der Waals surface area contributed by atoms with E-state index in [4.69, 9.17) is 0 Å². The van der Waals surface area contributed by atoms with Crippen molar-refractivity contribution in [2.75, 3.05) is 13.1 Å². The van der Waals surface area contributed by atoms with Crippen LogP contribution in [-0.2, 0) is 0 Å². The van der Waals surface area contributed by atoms with E-state index in [9.17, 15) is 5.11 Å². The number of nitrogens with zero attached hydrogens (tertiary/aromatic N) is 1. The van der Waals surface area contributed by atoms with Gasteiger partial charge in [-0.25, -0.2) is 0 Å². The maximum atomic E-state index is 10.3. The molecule has 3 nitrogen and oxygen atoms in total. The molecular weight excluding hydrogens is 296 g/mol. The van der Waals surface area contributed by atoms with E-state index >= 15 is 0 Å². The number of rotatable bonds is 4. The molecule has 134 valence electrons. The van der Waals surface area contributed by atoms with Crippen molar-refractivity contribution in [3.8, 4) is 0 Å². The Morgan fingerprint density at radius 1 is 1.08 bits per heavy atom. The van der Waals surface area contributed by atoms with Crippen LogP contribution in [0.2, 0.25) is 0 Å². The van der Waals surface area contributed by atoms with Gasteiger partial charge in [-0.3, -0.25) is 4.90 Å². The van der Waals surface area contributed by atoms with E-state index in [1.807, 2.05) is 0 Å². The fourth-order valence-corrected chi connectivity index (χ4v) is 4.67. The van der Waals surface area contributed by atoms with Crippen molar-refractivity contribution in [2.45, 2.75) is 83.5 Å². The first-order valence-corrected chi connectivity index (χ1v) is 9.80. The lowest BCUT2D eigenvalue weighted by Gasteiger charge is -2.42. The van der Waals surface area contributed by atoms with Crippen molar-refractivity contribution >= 4 is 0 Å². The van der Waals surface area contributed by atoms with Crippen LogP contribution in [0.15, 0.2) is 18.2 Å². The summed E-state index contributed by atoms with van der Waals surface area (Å²) in [7, 11) is 0. The zero-order chi connectivity index (χ0) is 17.1. The fourth-order valence-electron chi connectivity index (χ4n) is 4.67. The molecule has 3 rings (SSSR count). The van der Waals surface area contributed by atoms with Gasteiger partial charge in [0.15, 0.2) is 0 Å². The molecule has 2 fully saturated rings. The third kappa shape index (κ3) is 4.19. The largest absolute Gasteiger partial charge is 0.391 e. The van der Waals surface area contributed by atoms with Crippen LogP contribution in [-0.4, -0.2) is 41.3 Å². The normalized spacial score (nSPS) is 28.0. The van der Waals surface area contributed by atoms with Gasteiger partial charge in [0.25, 0.3) is 0 Å². The lowest BCUT2D eigenvalue weighted by Crippen LogP contribution is -2.51. The van der Waals surface area contributed by atoms with E-state index in [-0.39, 0.29) is 6.10 Å². The monoisotopic (exact) mass is 330 g/mol. The molecule has 2 aliphatic rings. The standard InChI is InChI=1S/C21H34N2O/c1-15-8-9-19(16(2)14-15)17(3)22-18-10-12-23(13-11-18)20-6-4-5-7-21(20)24/h8-9,14,17-18,20-22,24H,4-7,10-13H2,1-3H3. The first-order valence-electron chi connectivity index (χ1n) is 9.80. The summed E-state index contributed by atoms with van der Waals surface area (Å²) >= 11 is 0. The third-order valence-electron chi connectivity index (χ3n) is 6.07. The van der Waals surface area contributed by atoms with Gasteiger partial charge in [-0.2, -0.15) is 0 Å². The molecule has 0 radical (unpaired) electrons. The highest BCUT2D eigenvalue weighted by Gasteiger charge is 2.31. The Labute approximate surface area is 147 Å². The molecule has 1 saturated heterocycles. The number of piperidine rings is 1. The van der Waals surface area contributed by atoms with E-state index in [0.717, 1.165) is 19.5 Å². The molecule has 2 N–H and O–H groups in total. The predicted molar refractivity (Wildman–Crippen MR) is 100 cm³/mol. The summed E-state index contributed by atoms with van der Waals surface area (Å²) in [4.78, 5) is 2.55. The molecule has 0 aromatic heterocycles. The van der Waals surface area contributed by atoms with E-state index in [2.05, 4.69) is 49.2 Å². The molecule has 0 amide bonds. The Hall–Kier alpha value is -0.900. The number of likely N-dealkylation sites (tertiary alicyclic amines) is 1. The first kappa shape index (κ1) is 17.9. The van der Waals surface area contributed by atoms with Crippen molar-refractivity contribution in [1.82, 2.24) is 10.2 Å². The molecule has 0 bridgehead atoms. The molecule has 1 heterocycles. The Morgan fingerprint density at radius 2 is 1.79 bits per heavy atom. The van der Waals surface area contributed by atoms with Gasteiger partial charge >= 0.3 is 0 Å². The van der Waals surface area contributed by atoms with Crippen LogP contribution in [0.3, 0.4) is 0 Å². The first-order chi connectivity index (χ1) is 11.5. The average molecular weight is 331 g/mol. The van der Waals surface area contributed by atoms with Crippen LogP contribution in [0, 0.1) is 13.8 Å². The Balaban J connectivity index is 1.51. The van der Waals surface area contributed by atoms with Gasteiger partial charge in [0, 0.05) is 31.2 Å². The quantitative estimate of drug-likeness (QED) is 0.883. The molecule has 3 heteroatoms. The van der Waals surface area contributed by atoms with Gasteiger partial charge in [0.05, 0.1) is 6.10 Å². The summed E-state index contributed by atoms with van der Waals surface area (Å²) in [6.45, 7) is 8.91. The lowest BCUT2D eigenvalue weighted by molar-refractivity contribution is 0.00670. The average Bonchev–Trinajstić information content (AvgIpc) is 2.56. The van der Waals surface area contributed by atoms with Crippen molar-refractivity contribution < 1.29 is 5.11 Å². The maximum absolute atomic E-state index is 10.3. The van der Waals surface area contributed by atoms with Gasteiger partial charge in [-0.05, 0) is 57.6 Å². The predicted octanol–water partition coefficient (Wildman–Crippen LogP) is 3.72. The molecule has 24 heavy (non-hydrogen) atoms. The molecule has 1 aromatic carbocycles. The Morgan fingerprint density at radius 3 is 2.46 bits per heavy atom. The van der Waals surface area contributed by atoms with Crippen LogP contribution in [0.5, 0.6) is 0 Å². The molecule has 3 unspecified atom stereocenters. The minimum Gasteiger partial charge on any atom is -0.391 e. The zero-order valence-electron chi connectivity index (χ0n) is 15.6. The van der Waals surface area contributed by atoms with Gasteiger partial charge in [-0.15, -0.1) is 0 Å². The highest BCUT2D eigenvalue weighted by atomic mass is 16.3. The van der Waals surface area contributed by atoms with E-state index in [1.54, 1.807) is 0 Å². The molecule has 1 aliphatic carbocycles.